The number of hydrogen-bond acceptors (Lipinski definition) is 5. The second-order valence-corrected chi connectivity index (χ2v) is 7.14. The number of aliphatic carboxylic acids is 1. The van der Waals surface area contributed by atoms with Crippen molar-refractivity contribution in [1.82, 2.24) is 19.0 Å². The van der Waals surface area contributed by atoms with Gasteiger partial charge in [0.25, 0.3) is 5.91 Å². The highest BCUT2D eigenvalue weighted by Crippen LogP contribution is 2.11. The third kappa shape index (κ3) is 3.63. The van der Waals surface area contributed by atoms with Gasteiger partial charge in [-0.1, -0.05) is 0 Å². The first-order chi connectivity index (χ1) is 10.3. The summed E-state index contributed by atoms with van der Waals surface area (Å²) in [6.07, 6.45) is 1.43. The largest absolute Gasteiger partial charge is 0.480 e. The lowest BCUT2D eigenvalue weighted by atomic mass is 10.3. The molecule has 0 aliphatic carbocycles. The molecule has 0 radical (unpaired) electrons. The van der Waals surface area contributed by atoms with Crippen molar-refractivity contribution in [2.24, 2.45) is 0 Å². The molecule has 1 N–H and O–H groups in total. The van der Waals surface area contributed by atoms with Crippen molar-refractivity contribution in [3.05, 3.63) is 18.0 Å². The summed E-state index contributed by atoms with van der Waals surface area (Å²) in [6.45, 7) is 2.39. The standard InChI is InChI=1S/C12H18N4O5S/c1-2-22(20,21)16-7-5-14(6-8-16)12(19)10-3-4-15(13-10)9-11(17)18/h3-4H,2,5-9H2,1H3,(H,17,18). The Bertz CT molecular complexity index is 661. The SMILES string of the molecule is CCS(=O)(=O)N1CCN(C(=O)c2ccn(CC(=O)O)n2)CC1. The molecule has 2 rings (SSSR count). The number of sulfonamides is 1. The molecule has 0 atom stereocenters. The lowest BCUT2D eigenvalue weighted by Gasteiger charge is -2.33. The van der Waals surface area contributed by atoms with Crippen LogP contribution in [0.1, 0.15) is 17.4 Å². The van der Waals surface area contributed by atoms with Gasteiger partial charge in [0.15, 0.2) is 0 Å². The number of amides is 1. The van der Waals surface area contributed by atoms with Gasteiger partial charge in [0.2, 0.25) is 10.0 Å². The topological polar surface area (TPSA) is 113 Å². The van der Waals surface area contributed by atoms with Crippen molar-refractivity contribution < 1.29 is 23.1 Å². The summed E-state index contributed by atoms with van der Waals surface area (Å²) >= 11 is 0. The van der Waals surface area contributed by atoms with Gasteiger partial charge in [0, 0.05) is 32.4 Å². The molecule has 10 heteroatoms. The van der Waals surface area contributed by atoms with Gasteiger partial charge in [-0.2, -0.15) is 9.40 Å². The monoisotopic (exact) mass is 330 g/mol. The number of carboxylic acid groups (broad SMARTS) is 1. The molecule has 0 saturated carbocycles. The average Bonchev–Trinajstić information content (AvgIpc) is 2.94. The van der Waals surface area contributed by atoms with Crippen LogP contribution in [-0.4, -0.2) is 76.3 Å². The minimum Gasteiger partial charge on any atom is -0.480 e. The van der Waals surface area contributed by atoms with Crippen LogP contribution in [0.2, 0.25) is 0 Å². The molecule has 1 aliphatic heterocycles. The maximum absolute atomic E-state index is 12.3. The first-order valence-corrected chi connectivity index (χ1v) is 8.46. The van der Waals surface area contributed by atoms with E-state index in [1.165, 1.54) is 26.2 Å². The molecule has 9 nitrogen and oxygen atoms in total. The maximum Gasteiger partial charge on any atom is 0.325 e. The zero-order valence-electron chi connectivity index (χ0n) is 12.2. The van der Waals surface area contributed by atoms with E-state index in [2.05, 4.69) is 5.10 Å². The van der Waals surface area contributed by atoms with Gasteiger partial charge in [-0.25, -0.2) is 8.42 Å². The van der Waals surface area contributed by atoms with Gasteiger partial charge in [0.1, 0.15) is 12.2 Å². The van der Waals surface area contributed by atoms with Crippen molar-refractivity contribution >= 4 is 21.9 Å². The lowest BCUT2D eigenvalue weighted by Crippen LogP contribution is -2.51. The minimum absolute atomic E-state index is 0.0422. The van der Waals surface area contributed by atoms with Crippen LogP contribution in [0.5, 0.6) is 0 Å². The smallest absolute Gasteiger partial charge is 0.325 e. The van der Waals surface area contributed by atoms with Crippen LogP contribution in [0.3, 0.4) is 0 Å². The third-order valence-corrected chi connectivity index (χ3v) is 5.32. The predicted molar refractivity (Wildman–Crippen MR) is 76.8 cm³/mol. The first kappa shape index (κ1) is 16.4. The molecular weight excluding hydrogens is 312 g/mol. The molecule has 1 fully saturated rings. The summed E-state index contributed by atoms with van der Waals surface area (Å²) in [7, 11) is -3.23. The van der Waals surface area contributed by atoms with E-state index in [9.17, 15) is 18.0 Å². The van der Waals surface area contributed by atoms with E-state index in [0.29, 0.717) is 13.1 Å². The van der Waals surface area contributed by atoms with E-state index >= 15 is 0 Å². The van der Waals surface area contributed by atoms with Crippen LogP contribution in [0.25, 0.3) is 0 Å². The number of carbonyl (C=O) groups excluding carboxylic acids is 1. The molecule has 0 spiro atoms. The van der Waals surface area contributed by atoms with Crippen molar-refractivity contribution in [3.8, 4) is 0 Å². The highest BCUT2D eigenvalue weighted by molar-refractivity contribution is 7.89. The van der Waals surface area contributed by atoms with Crippen LogP contribution in [0.4, 0.5) is 0 Å². The van der Waals surface area contributed by atoms with Gasteiger partial charge in [-0.15, -0.1) is 0 Å². The quantitative estimate of drug-likeness (QED) is 0.747. The Labute approximate surface area is 128 Å². The summed E-state index contributed by atoms with van der Waals surface area (Å²) in [5.41, 5.74) is 0.160. The lowest BCUT2D eigenvalue weighted by molar-refractivity contribution is -0.137. The molecule has 1 aromatic heterocycles. The Morgan fingerprint density at radius 3 is 2.45 bits per heavy atom. The van der Waals surface area contributed by atoms with Crippen LogP contribution >= 0.6 is 0 Å². The summed E-state index contributed by atoms with van der Waals surface area (Å²) in [6, 6.07) is 1.46. The van der Waals surface area contributed by atoms with Crippen LogP contribution in [0.15, 0.2) is 12.3 Å². The second kappa shape index (κ2) is 6.44. The number of aromatic nitrogens is 2. The molecule has 0 aromatic carbocycles. The van der Waals surface area contributed by atoms with E-state index in [0.717, 1.165) is 0 Å². The molecule has 122 valence electrons. The van der Waals surface area contributed by atoms with Gasteiger partial charge in [0.05, 0.1) is 5.75 Å². The molecule has 1 aromatic rings. The molecule has 2 heterocycles. The molecule has 1 amide bonds. The summed E-state index contributed by atoms with van der Waals surface area (Å²) < 4.78 is 26.1. The number of carbonyl (C=O) groups is 2. The van der Waals surface area contributed by atoms with Gasteiger partial charge in [-0.05, 0) is 13.0 Å². The molecule has 22 heavy (non-hydrogen) atoms. The Hall–Kier alpha value is -1.94. The van der Waals surface area contributed by atoms with E-state index in [1.807, 2.05) is 0 Å². The fraction of sp³-hybridized carbons (Fsp3) is 0.583. The summed E-state index contributed by atoms with van der Waals surface area (Å²) in [4.78, 5) is 24.4. The van der Waals surface area contributed by atoms with Crippen molar-refractivity contribution in [1.29, 1.82) is 0 Å². The third-order valence-electron chi connectivity index (χ3n) is 3.44. The number of nitrogens with zero attached hydrogens (tertiary/aromatic N) is 4. The van der Waals surface area contributed by atoms with Crippen molar-refractivity contribution in [2.75, 3.05) is 31.9 Å². The van der Waals surface area contributed by atoms with E-state index in [-0.39, 0.29) is 37.0 Å². The predicted octanol–water partition coefficient (Wildman–Crippen LogP) is -0.925. The highest BCUT2D eigenvalue weighted by Gasteiger charge is 2.28. The number of piperazine rings is 1. The fourth-order valence-corrected chi connectivity index (χ4v) is 3.30. The van der Waals surface area contributed by atoms with Gasteiger partial charge in [-0.3, -0.25) is 14.3 Å². The van der Waals surface area contributed by atoms with Crippen LogP contribution in [-0.2, 0) is 21.4 Å². The highest BCUT2D eigenvalue weighted by atomic mass is 32.2. The Morgan fingerprint density at radius 1 is 1.27 bits per heavy atom. The Kier molecular flexibility index (Phi) is 4.81. The molecule has 0 unspecified atom stereocenters. The second-order valence-electron chi connectivity index (χ2n) is 4.88. The van der Waals surface area contributed by atoms with Gasteiger partial charge >= 0.3 is 5.97 Å². The molecular formula is C12H18N4O5S. The Morgan fingerprint density at radius 2 is 1.91 bits per heavy atom. The summed E-state index contributed by atoms with van der Waals surface area (Å²) in [5.74, 6) is -1.32. The molecule has 1 aliphatic rings. The average molecular weight is 330 g/mol. The van der Waals surface area contributed by atoms with E-state index in [4.69, 9.17) is 5.11 Å². The molecule has 1 saturated heterocycles. The fourth-order valence-electron chi connectivity index (χ4n) is 2.22. The number of hydrogen-bond donors (Lipinski definition) is 1. The minimum atomic E-state index is -3.23. The Balaban J connectivity index is 1.98. The zero-order valence-corrected chi connectivity index (χ0v) is 13.0. The normalized spacial score (nSPS) is 16.7. The van der Waals surface area contributed by atoms with Gasteiger partial charge < -0.3 is 10.0 Å². The zero-order chi connectivity index (χ0) is 16.3. The van der Waals surface area contributed by atoms with Crippen molar-refractivity contribution in [2.45, 2.75) is 13.5 Å². The van der Waals surface area contributed by atoms with Crippen molar-refractivity contribution in [3.63, 3.8) is 0 Å². The number of carboxylic acids is 1. The van der Waals surface area contributed by atoms with Crippen LogP contribution < -0.4 is 0 Å². The van der Waals surface area contributed by atoms with E-state index < -0.39 is 16.0 Å². The summed E-state index contributed by atoms with van der Waals surface area (Å²) in [5, 5.41) is 12.6. The maximum atomic E-state index is 12.3. The van der Waals surface area contributed by atoms with E-state index in [1.54, 1.807) is 6.92 Å². The molecule has 0 bridgehead atoms. The number of rotatable bonds is 5. The van der Waals surface area contributed by atoms with Crippen LogP contribution in [0, 0.1) is 0 Å². The first-order valence-electron chi connectivity index (χ1n) is 6.86.